The highest BCUT2D eigenvalue weighted by atomic mass is 32.1. The molecule has 0 fully saturated rings. The van der Waals surface area contributed by atoms with Crippen molar-refractivity contribution in [1.29, 1.82) is 0 Å². The summed E-state index contributed by atoms with van der Waals surface area (Å²) in [7, 11) is 0. The second-order valence-corrected chi connectivity index (χ2v) is 16.6. The molecule has 0 atom stereocenters. The highest BCUT2D eigenvalue weighted by Gasteiger charge is 2.17. The van der Waals surface area contributed by atoms with Crippen molar-refractivity contribution >= 4 is 67.3 Å². The molecular weight excluding hydrogens is 785 g/mol. The summed E-state index contributed by atoms with van der Waals surface area (Å²) in [5.41, 5.74) is 15.5. The zero-order valence-electron chi connectivity index (χ0n) is 34.3. The van der Waals surface area contributed by atoms with Gasteiger partial charge in [-0.1, -0.05) is 133 Å². The van der Waals surface area contributed by atoms with E-state index in [2.05, 4.69) is 238 Å². The van der Waals surface area contributed by atoms with Gasteiger partial charge in [-0.15, -0.1) is 11.3 Å². The van der Waals surface area contributed by atoms with E-state index in [1.807, 2.05) is 35.9 Å². The molecular formula is C58H40N4S. The van der Waals surface area contributed by atoms with Crippen LogP contribution in [0, 0.1) is 0 Å². The molecule has 3 heterocycles. The first-order valence-electron chi connectivity index (χ1n) is 21.1. The fourth-order valence-corrected chi connectivity index (χ4v) is 9.36. The number of anilines is 6. The van der Waals surface area contributed by atoms with Crippen molar-refractivity contribution in [2.45, 2.75) is 0 Å². The second-order valence-electron chi connectivity index (χ2n) is 15.5. The molecule has 3 aromatic heterocycles. The van der Waals surface area contributed by atoms with Crippen LogP contribution in [0.15, 0.2) is 243 Å². The van der Waals surface area contributed by atoms with E-state index in [-0.39, 0.29) is 0 Å². The predicted molar refractivity (Wildman–Crippen MR) is 266 cm³/mol. The zero-order valence-corrected chi connectivity index (χ0v) is 35.1. The van der Waals surface area contributed by atoms with Crippen LogP contribution in [0.25, 0.3) is 64.9 Å². The molecule has 0 saturated heterocycles. The van der Waals surface area contributed by atoms with Gasteiger partial charge in [-0.05, 0) is 130 Å². The third kappa shape index (κ3) is 7.74. The largest absolute Gasteiger partial charge is 0.310 e. The summed E-state index contributed by atoms with van der Waals surface area (Å²) in [6.45, 7) is 0. The topological polar surface area (TPSA) is 32.3 Å². The van der Waals surface area contributed by atoms with E-state index >= 15 is 0 Å². The van der Waals surface area contributed by atoms with E-state index < -0.39 is 0 Å². The summed E-state index contributed by atoms with van der Waals surface area (Å²) in [5.74, 6) is 0. The van der Waals surface area contributed by atoms with Gasteiger partial charge in [-0.25, -0.2) is 0 Å². The highest BCUT2D eigenvalue weighted by molar-refractivity contribution is 7.18. The Morgan fingerprint density at radius 2 is 0.603 bits per heavy atom. The average Bonchev–Trinajstić information content (AvgIpc) is 3.86. The lowest BCUT2D eigenvalue weighted by atomic mass is 10.0. The van der Waals surface area contributed by atoms with Crippen LogP contribution in [-0.2, 0) is 0 Å². The van der Waals surface area contributed by atoms with E-state index in [4.69, 9.17) is 0 Å². The molecule has 0 amide bonds. The van der Waals surface area contributed by atoms with Crippen molar-refractivity contribution in [1.82, 2.24) is 9.97 Å². The van der Waals surface area contributed by atoms with Crippen LogP contribution in [0.5, 0.6) is 0 Å². The number of pyridine rings is 2. The Bertz CT molecular complexity index is 3090. The molecule has 298 valence electrons. The van der Waals surface area contributed by atoms with Gasteiger partial charge in [0.1, 0.15) is 0 Å². The number of thiophene rings is 1. The number of hydrogen-bond acceptors (Lipinski definition) is 5. The van der Waals surface area contributed by atoms with Crippen LogP contribution in [0.4, 0.5) is 34.1 Å². The standard InChI is InChI=1S/C58H40N4S/c1-3-9-41(10-4-1)43-15-25-49(26-16-43)61(53-33-19-45-13-7-37-59-55(45)39-53)51-29-21-47(22-30-51)57-35-36-58(63-57)48-23-31-52(32-24-48)62(54-34-20-46-14-8-38-60-56(46)40-54)50-27-17-44(18-28-50)42-11-5-2-6-12-42/h1-40H. The van der Waals surface area contributed by atoms with Gasteiger partial charge in [0.05, 0.1) is 11.0 Å². The van der Waals surface area contributed by atoms with Crippen LogP contribution >= 0.6 is 11.3 Å². The van der Waals surface area contributed by atoms with Gasteiger partial charge in [-0.3, -0.25) is 9.97 Å². The maximum Gasteiger partial charge on any atom is 0.0722 e. The molecule has 8 aromatic carbocycles. The van der Waals surface area contributed by atoms with E-state index in [9.17, 15) is 0 Å². The molecule has 0 aliphatic heterocycles. The molecule has 11 rings (SSSR count). The normalized spacial score (nSPS) is 11.2. The molecule has 11 aromatic rings. The Kier molecular flexibility index (Phi) is 10.1. The van der Waals surface area contributed by atoms with E-state index in [1.54, 1.807) is 0 Å². The first-order valence-corrected chi connectivity index (χ1v) is 21.9. The van der Waals surface area contributed by atoms with Crippen molar-refractivity contribution < 1.29 is 0 Å². The van der Waals surface area contributed by atoms with E-state index in [1.165, 1.54) is 43.1 Å². The molecule has 0 aliphatic carbocycles. The SMILES string of the molecule is c1ccc(-c2ccc(N(c3ccc(-c4ccc(-c5ccc(N(c6ccc(-c7ccccc7)cc6)c6ccc7cccnc7c6)cc5)s4)cc3)c3ccc4cccnc4c3)cc2)cc1. The van der Waals surface area contributed by atoms with Gasteiger partial charge in [0.2, 0.25) is 0 Å². The fourth-order valence-electron chi connectivity index (χ4n) is 8.35. The highest BCUT2D eigenvalue weighted by Crippen LogP contribution is 2.42. The summed E-state index contributed by atoms with van der Waals surface area (Å²) in [4.78, 5) is 16.4. The molecule has 0 bridgehead atoms. The molecule has 0 unspecified atom stereocenters. The Morgan fingerprint density at radius 3 is 0.984 bits per heavy atom. The molecule has 0 radical (unpaired) electrons. The first kappa shape index (κ1) is 37.8. The Labute approximate surface area is 371 Å². The van der Waals surface area contributed by atoms with Crippen molar-refractivity contribution in [3.8, 4) is 43.1 Å². The number of benzene rings is 8. The second kappa shape index (κ2) is 16.7. The van der Waals surface area contributed by atoms with Crippen molar-refractivity contribution in [2.24, 2.45) is 0 Å². The minimum absolute atomic E-state index is 0.966. The summed E-state index contributed by atoms with van der Waals surface area (Å²) in [6.07, 6.45) is 3.71. The smallest absolute Gasteiger partial charge is 0.0722 e. The Balaban J connectivity index is 0.884. The average molecular weight is 825 g/mol. The number of rotatable bonds is 10. The lowest BCUT2D eigenvalue weighted by molar-refractivity contribution is 1.28. The Morgan fingerprint density at radius 1 is 0.270 bits per heavy atom. The third-order valence-corrected chi connectivity index (χ3v) is 12.8. The quantitative estimate of drug-likeness (QED) is 0.138. The number of fused-ring (bicyclic) bond motifs is 2. The van der Waals surface area contributed by atoms with Gasteiger partial charge >= 0.3 is 0 Å². The Hall–Kier alpha value is -8.12. The minimum atomic E-state index is 0.966. The summed E-state index contributed by atoms with van der Waals surface area (Å²) < 4.78 is 0. The van der Waals surface area contributed by atoms with Gasteiger partial charge in [-0.2, -0.15) is 0 Å². The summed E-state index contributed by atoms with van der Waals surface area (Å²) in [5, 5.41) is 2.24. The van der Waals surface area contributed by atoms with Crippen molar-refractivity contribution in [3.63, 3.8) is 0 Å². The number of aromatic nitrogens is 2. The molecule has 63 heavy (non-hydrogen) atoms. The van der Waals surface area contributed by atoms with Crippen LogP contribution in [0.2, 0.25) is 0 Å². The van der Waals surface area contributed by atoms with Gasteiger partial charge in [0.25, 0.3) is 0 Å². The van der Waals surface area contributed by atoms with Crippen LogP contribution in [0.1, 0.15) is 0 Å². The minimum Gasteiger partial charge on any atom is -0.310 e. The van der Waals surface area contributed by atoms with E-state index in [0.717, 1.165) is 55.9 Å². The lowest BCUT2D eigenvalue weighted by Crippen LogP contribution is -2.10. The van der Waals surface area contributed by atoms with Crippen molar-refractivity contribution in [3.05, 3.63) is 243 Å². The molecule has 5 heteroatoms. The molecule has 0 spiro atoms. The molecule has 0 saturated carbocycles. The first-order chi connectivity index (χ1) is 31.2. The van der Waals surface area contributed by atoms with Gasteiger partial charge in [0, 0.05) is 67.0 Å². The van der Waals surface area contributed by atoms with Gasteiger partial charge < -0.3 is 9.80 Å². The monoisotopic (exact) mass is 824 g/mol. The van der Waals surface area contributed by atoms with Crippen LogP contribution < -0.4 is 9.80 Å². The number of nitrogens with zero attached hydrogens (tertiary/aromatic N) is 4. The lowest BCUT2D eigenvalue weighted by Gasteiger charge is -2.26. The fraction of sp³-hybridized carbons (Fsp3) is 0. The van der Waals surface area contributed by atoms with Gasteiger partial charge in [0.15, 0.2) is 0 Å². The maximum atomic E-state index is 4.68. The zero-order chi connectivity index (χ0) is 42.0. The predicted octanol–water partition coefficient (Wildman–Crippen LogP) is 16.5. The summed E-state index contributed by atoms with van der Waals surface area (Å²) in [6, 6.07) is 82.1. The molecule has 4 nitrogen and oxygen atoms in total. The van der Waals surface area contributed by atoms with Crippen molar-refractivity contribution in [2.75, 3.05) is 9.80 Å². The summed E-state index contributed by atoms with van der Waals surface area (Å²) >= 11 is 1.81. The molecule has 0 N–H and O–H groups in total. The number of hydrogen-bond donors (Lipinski definition) is 0. The van der Waals surface area contributed by atoms with Crippen LogP contribution in [-0.4, -0.2) is 9.97 Å². The van der Waals surface area contributed by atoms with Crippen LogP contribution in [0.3, 0.4) is 0 Å². The maximum absolute atomic E-state index is 4.68. The molecule has 0 aliphatic rings. The van der Waals surface area contributed by atoms with E-state index in [0.29, 0.717) is 0 Å². The third-order valence-electron chi connectivity index (χ3n) is 11.6.